The Bertz CT molecular complexity index is 549. The molecule has 1 aliphatic heterocycles. The third-order valence-electron chi connectivity index (χ3n) is 3.42. The van der Waals surface area contributed by atoms with Crippen LogP contribution in [0.5, 0.6) is 5.75 Å². The van der Waals surface area contributed by atoms with E-state index in [0.717, 1.165) is 46.7 Å². The van der Waals surface area contributed by atoms with E-state index in [-0.39, 0.29) is 6.10 Å². The summed E-state index contributed by atoms with van der Waals surface area (Å²) in [4.78, 5) is 0. The van der Waals surface area contributed by atoms with E-state index in [1.807, 2.05) is 18.2 Å². The van der Waals surface area contributed by atoms with Gasteiger partial charge in [0.2, 0.25) is 0 Å². The lowest BCUT2D eigenvalue weighted by Gasteiger charge is -2.29. The lowest BCUT2D eigenvalue weighted by Crippen LogP contribution is -2.50. The number of halogens is 2. The minimum Gasteiger partial charge on any atom is -0.487 e. The van der Waals surface area contributed by atoms with E-state index in [2.05, 4.69) is 33.4 Å². The highest BCUT2D eigenvalue weighted by Crippen LogP contribution is 2.37. The second-order valence-electron chi connectivity index (χ2n) is 4.81. The summed E-state index contributed by atoms with van der Waals surface area (Å²) in [5.74, 6) is 0.921. The van der Waals surface area contributed by atoms with E-state index in [0.29, 0.717) is 0 Å². The Morgan fingerprint density at radius 2 is 2.16 bits per heavy atom. The molecule has 0 spiro atoms. The Morgan fingerprint density at radius 1 is 1.32 bits per heavy atom. The van der Waals surface area contributed by atoms with Crippen LogP contribution in [0.15, 0.2) is 39.9 Å². The number of ether oxygens (including phenoxy) is 1. The van der Waals surface area contributed by atoms with Crippen LogP contribution in [0.2, 0.25) is 0 Å². The van der Waals surface area contributed by atoms with Crippen molar-refractivity contribution in [3.63, 3.8) is 0 Å². The molecule has 2 aliphatic rings. The van der Waals surface area contributed by atoms with E-state index < -0.39 is 0 Å². The molecular formula is C15H15BrClNO. The molecule has 0 unspecified atom stereocenters. The molecular weight excluding hydrogens is 326 g/mol. The topological polar surface area (TPSA) is 21.3 Å². The van der Waals surface area contributed by atoms with E-state index in [1.165, 1.54) is 5.57 Å². The molecule has 0 bridgehead atoms. The molecule has 1 fully saturated rings. The molecule has 2 nitrogen and oxygen atoms in total. The molecule has 0 amide bonds. The van der Waals surface area contributed by atoms with Crippen LogP contribution in [0, 0.1) is 0 Å². The molecule has 3 rings (SSSR count). The largest absolute Gasteiger partial charge is 0.487 e. The van der Waals surface area contributed by atoms with Crippen molar-refractivity contribution in [3.05, 3.63) is 45.4 Å². The van der Waals surface area contributed by atoms with Gasteiger partial charge in [-0.1, -0.05) is 33.6 Å². The van der Waals surface area contributed by atoms with Gasteiger partial charge in [0.05, 0.1) is 0 Å². The molecule has 1 heterocycles. The summed E-state index contributed by atoms with van der Waals surface area (Å²) in [6.07, 6.45) is 6.37. The Kier molecular flexibility index (Phi) is 3.96. The second kappa shape index (κ2) is 5.70. The summed E-state index contributed by atoms with van der Waals surface area (Å²) in [6, 6.07) is 6.15. The second-order valence-corrected chi connectivity index (χ2v) is 6.13. The molecule has 19 heavy (non-hydrogen) atoms. The quantitative estimate of drug-likeness (QED) is 0.894. The molecule has 1 saturated heterocycles. The van der Waals surface area contributed by atoms with Crippen LogP contribution in [-0.4, -0.2) is 19.2 Å². The van der Waals surface area contributed by atoms with Gasteiger partial charge >= 0.3 is 0 Å². The first-order valence-corrected chi connectivity index (χ1v) is 7.63. The van der Waals surface area contributed by atoms with Crippen molar-refractivity contribution in [1.82, 2.24) is 5.32 Å². The minimum absolute atomic E-state index is 0.270. The van der Waals surface area contributed by atoms with Crippen LogP contribution in [0.25, 0.3) is 5.57 Å². The fraction of sp³-hybridized carbons (Fsp3) is 0.333. The van der Waals surface area contributed by atoms with E-state index in [9.17, 15) is 0 Å². The highest BCUT2D eigenvalue weighted by molar-refractivity contribution is 9.10. The van der Waals surface area contributed by atoms with Crippen molar-refractivity contribution in [2.75, 3.05) is 13.1 Å². The summed E-state index contributed by atoms with van der Waals surface area (Å²) in [5, 5.41) is 4.04. The zero-order valence-electron chi connectivity index (χ0n) is 10.5. The van der Waals surface area contributed by atoms with Gasteiger partial charge in [-0.25, -0.2) is 0 Å². The van der Waals surface area contributed by atoms with Gasteiger partial charge in [0.15, 0.2) is 0 Å². The van der Waals surface area contributed by atoms with Gasteiger partial charge in [0, 0.05) is 28.2 Å². The van der Waals surface area contributed by atoms with Crippen LogP contribution in [0.1, 0.15) is 18.4 Å². The summed E-state index contributed by atoms with van der Waals surface area (Å²) >= 11 is 9.83. The van der Waals surface area contributed by atoms with Gasteiger partial charge in [0.25, 0.3) is 0 Å². The maximum Gasteiger partial charge on any atom is 0.128 e. The molecule has 100 valence electrons. The smallest absolute Gasteiger partial charge is 0.128 e. The zero-order valence-corrected chi connectivity index (χ0v) is 12.8. The van der Waals surface area contributed by atoms with Crippen molar-refractivity contribution in [2.24, 2.45) is 0 Å². The molecule has 1 aromatic rings. The van der Waals surface area contributed by atoms with Gasteiger partial charge in [0.1, 0.15) is 11.9 Å². The summed E-state index contributed by atoms with van der Waals surface area (Å²) < 4.78 is 7.08. The SMILES string of the molecule is ClC1=C(c2ccc(Br)cc2OC2CNC2)CCC=C1. The molecule has 0 saturated carbocycles. The Balaban J connectivity index is 1.97. The molecule has 1 aliphatic carbocycles. The van der Waals surface area contributed by atoms with Crippen molar-refractivity contribution >= 4 is 33.1 Å². The summed E-state index contributed by atoms with van der Waals surface area (Å²) in [6.45, 7) is 1.83. The number of allylic oxidation sites excluding steroid dienone is 4. The number of benzene rings is 1. The lowest BCUT2D eigenvalue weighted by atomic mass is 9.96. The Hall–Kier alpha value is -0.770. The number of nitrogens with one attached hydrogen (secondary N) is 1. The van der Waals surface area contributed by atoms with Crippen LogP contribution in [0.4, 0.5) is 0 Å². The third kappa shape index (κ3) is 2.88. The first-order valence-electron chi connectivity index (χ1n) is 6.46. The van der Waals surface area contributed by atoms with E-state index in [1.54, 1.807) is 0 Å². The fourth-order valence-electron chi connectivity index (χ4n) is 2.27. The molecule has 1 N–H and O–H groups in total. The van der Waals surface area contributed by atoms with Gasteiger partial charge < -0.3 is 10.1 Å². The monoisotopic (exact) mass is 339 g/mol. The normalized spacial score (nSPS) is 19.5. The van der Waals surface area contributed by atoms with Crippen molar-refractivity contribution in [3.8, 4) is 5.75 Å². The zero-order chi connectivity index (χ0) is 13.2. The third-order valence-corrected chi connectivity index (χ3v) is 4.27. The number of hydrogen-bond donors (Lipinski definition) is 1. The van der Waals surface area contributed by atoms with Crippen LogP contribution in [0.3, 0.4) is 0 Å². The summed E-state index contributed by atoms with van der Waals surface area (Å²) in [7, 11) is 0. The highest BCUT2D eigenvalue weighted by Gasteiger charge is 2.21. The van der Waals surface area contributed by atoms with E-state index in [4.69, 9.17) is 16.3 Å². The molecule has 1 aromatic carbocycles. The Morgan fingerprint density at radius 3 is 2.84 bits per heavy atom. The number of hydrogen-bond acceptors (Lipinski definition) is 2. The first-order chi connectivity index (χ1) is 9.24. The van der Waals surface area contributed by atoms with Crippen molar-refractivity contribution in [1.29, 1.82) is 0 Å². The molecule has 0 atom stereocenters. The summed E-state index contributed by atoms with van der Waals surface area (Å²) in [5.41, 5.74) is 2.29. The average Bonchev–Trinajstić information content (AvgIpc) is 2.35. The van der Waals surface area contributed by atoms with Gasteiger partial charge in [-0.05, 0) is 42.7 Å². The van der Waals surface area contributed by atoms with Crippen LogP contribution < -0.4 is 10.1 Å². The minimum atomic E-state index is 0.270. The maximum atomic E-state index is 6.33. The van der Waals surface area contributed by atoms with Crippen molar-refractivity contribution in [2.45, 2.75) is 18.9 Å². The standard InChI is InChI=1S/C15H15BrClNO/c16-10-5-6-13(12-3-1-2-4-14(12)17)15(7-10)19-11-8-18-9-11/h2,4-7,11,18H,1,3,8-9H2. The van der Waals surface area contributed by atoms with Gasteiger partial charge in [-0.3, -0.25) is 0 Å². The molecule has 0 radical (unpaired) electrons. The van der Waals surface area contributed by atoms with E-state index >= 15 is 0 Å². The molecule has 4 heteroatoms. The van der Waals surface area contributed by atoms with Gasteiger partial charge in [-0.15, -0.1) is 0 Å². The van der Waals surface area contributed by atoms with Gasteiger partial charge in [-0.2, -0.15) is 0 Å². The molecule has 0 aromatic heterocycles. The lowest BCUT2D eigenvalue weighted by molar-refractivity contribution is 0.142. The Labute approximate surface area is 126 Å². The average molecular weight is 341 g/mol. The highest BCUT2D eigenvalue weighted by atomic mass is 79.9. The fourth-order valence-corrected chi connectivity index (χ4v) is 2.89. The van der Waals surface area contributed by atoms with Crippen molar-refractivity contribution < 1.29 is 4.74 Å². The predicted octanol–water partition coefficient (Wildman–Crippen LogP) is 4.10. The number of rotatable bonds is 3. The predicted molar refractivity (Wildman–Crippen MR) is 82.6 cm³/mol. The maximum absolute atomic E-state index is 6.33. The van der Waals surface area contributed by atoms with Crippen LogP contribution >= 0.6 is 27.5 Å². The first kappa shape index (κ1) is 13.2. The van der Waals surface area contributed by atoms with Crippen LogP contribution in [-0.2, 0) is 0 Å².